The van der Waals surface area contributed by atoms with Crippen LogP contribution in [0.5, 0.6) is 11.5 Å². The molecule has 184 valence electrons. The molecule has 36 heavy (non-hydrogen) atoms. The van der Waals surface area contributed by atoms with Crippen molar-refractivity contribution in [3.8, 4) is 11.5 Å². The zero-order chi connectivity index (χ0) is 25.8. The van der Waals surface area contributed by atoms with Crippen molar-refractivity contribution in [1.29, 1.82) is 0 Å². The van der Waals surface area contributed by atoms with Gasteiger partial charge in [-0.05, 0) is 54.6 Å². The third kappa shape index (κ3) is 4.74. The predicted octanol–water partition coefficient (Wildman–Crippen LogP) is 2.96. The Morgan fingerprint density at radius 3 is 2.22 bits per heavy atom. The molecule has 9 nitrogen and oxygen atoms in total. The standard InChI is InChI=1S/C26H22FN3O6/c1-35-21-13-8-17(14-22(21)36-2)24(32)28-30(25(33)16-6-4-3-5-7-16)20-15-23(31)29(26(20)34)19-11-9-18(27)10-12-19/h3-14,20H,15H2,1-2H3,(H,28,32). The summed E-state index contributed by atoms with van der Waals surface area (Å²) in [7, 11) is 2.87. The summed E-state index contributed by atoms with van der Waals surface area (Å²) in [5.41, 5.74) is 2.97. The Kier molecular flexibility index (Phi) is 6.95. The Bertz CT molecular complexity index is 1310. The number of hydrogen-bond acceptors (Lipinski definition) is 6. The Labute approximate surface area is 206 Å². The van der Waals surface area contributed by atoms with Crippen molar-refractivity contribution in [2.75, 3.05) is 19.1 Å². The van der Waals surface area contributed by atoms with E-state index in [2.05, 4.69) is 5.43 Å². The van der Waals surface area contributed by atoms with E-state index in [9.17, 15) is 23.6 Å². The summed E-state index contributed by atoms with van der Waals surface area (Å²) in [6.45, 7) is 0. The lowest BCUT2D eigenvalue weighted by atomic mass is 10.1. The van der Waals surface area contributed by atoms with Gasteiger partial charge in [-0.3, -0.25) is 24.6 Å². The van der Waals surface area contributed by atoms with Crippen molar-refractivity contribution in [3.63, 3.8) is 0 Å². The van der Waals surface area contributed by atoms with Crippen LogP contribution in [0.1, 0.15) is 27.1 Å². The lowest BCUT2D eigenvalue weighted by Crippen LogP contribution is -2.54. The number of nitrogens with zero attached hydrogens (tertiary/aromatic N) is 2. The van der Waals surface area contributed by atoms with E-state index < -0.39 is 35.5 Å². The number of hydrogen-bond donors (Lipinski definition) is 1. The van der Waals surface area contributed by atoms with E-state index in [1.54, 1.807) is 18.2 Å². The summed E-state index contributed by atoms with van der Waals surface area (Å²) in [5, 5.41) is 0.859. The Balaban J connectivity index is 1.67. The molecule has 3 aromatic carbocycles. The van der Waals surface area contributed by atoms with Gasteiger partial charge in [0.1, 0.15) is 11.9 Å². The molecule has 10 heteroatoms. The second-order valence-electron chi connectivity index (χ2n) is 7.82. The lowest BCUT2D eigenvalue weighted by molar-refractivity contribution is -0.122. The smallest absolute Gasteiger partial charge is 0.273 e. The number of carbonyl (C=O) groups excluding carboxylic acids is 4. The zero-order valence-electron chi connectivity index (χ0n) is 19.4. The number of carbonyl (C=O) groups is 4. The highest BCUT2D eigenvalue weighted by Gasteiger charge is 2.45. The maximum atomic E-state index is 13.4. The first-order valence-corrected chi connectivity index (χ1v) is 10.9. The van der Waals surface area contributed by atoms with E-state index in [4.69, 9.17) is 9.47 Å². The molecule has 4 amide bonds. The van der Waals surface area contributed by atoms with Gasteiger partial charge in [0, 0.05) is 11.1 Å². The summed E-state index contributed by atoms with van der Waals surface area (Å²) in [6, 6.07) is 15.9. The molecule has 3 aromatic rings. The van der Waals surface area contributed by atoms with Crippen molar-refractivity contribution in [2.45, 2.75) is 12.5 Å². The summed E-state index contributed by atoms with van der Waals surface area (Å²) in [5.74, 6) is -2.56. The third-order valence-electron chi connectivity index (χ3n) is 5.63. The van der Waals surface area contributed by atoms with Gasteiger partial charge in [0.05, 0.1) is 26.3 Å². The zero-order valence-corrected chi connectivity index (χ0v) is 19.4. The largest absolute Gasteiger partial charge is 0.493 e. The fourth-order valence-corrected chi connectivity index (χ4v) is 3.82. The first-order chi connectivity index (χ1) is 17.3. The number of benzene rings is 3. The van der Waals surface area contributed by atoms with Gasteiger partial charge in [-0.1, -0.05) is 18.2 Å². The summed E-state index contributed by atoms with van der Waals surface area (Å²) in [4.78, 5) is 53.5. The van der Waals surface area contributed by atoms with Gasteiger partial charge in [-0.25, -0.2) is 14.3 Å². The first kappa shape index (κ1) is 24.4. The van der Waals surface area contributed by atoms with Gasteiger partial charge in [-0.15, -0.1) is 0 Å². The highest BCUT2D eigenvalue weighted by Crippen LogP contribution is 2.29. The molecule has 1 aliphatic rings. The number of amides is 4. The van der Waals surface area contributed by atoms with Crippen LogP contribution in [0, 0.1) is 5.82 Å². The fraction of sp³-hybridized carbons (Fsp3) is 0.154. The van der Waals surface area contributed by atoms with Gasteiger partial charge in [0.2, 0.25) is 5.91 Å². The molecule has 0 saturated carbocycles. The van der Waals surface area contributed by atoms with E-state index in [0.717, 1.165) is 22.0 Å². The molecule has 1 atom stereocenters. The molecule has 4 rings (SSSR count). The van der Waals surface area contributed by atoms with Crippen LogP contribution in [0.25, 0.3) is 0 Å². The minimum Gasteiger partial charge on any atom is -0.493 e. The Morgan fingerprint density at radius 2 is 1.58 bits per heavy atom. The molecule has 1 saturated heterocycles. The highest BCUT2D eigenvalue weighted by molar-refractivity contribution is 6.23. The van der Waals surface area contributed by atoms with Crippen LogP contribution in [0.15, 0.2) is 72.8 Å². The van der Waals surface area contributed by atoms with Gasteiger partial charge in [-0.2, -0.15) is 0 Å². The van der Waals surface area contributed by atoms with E-state index in [-0.39, 0.29) is 23.2 Å². The fourth-order valence-electron chi connectivity index (χ4n) is 3.82. The number of anilines is 1. The Hall–Kier alpha value is -4.73. The molecule has 1 fully saturated rings. The van der Waals surface area contributed by atoms with Crippen LogP contribution in [-0.4, -0.2) is 48.9 Å². The molecule has 0 bridgehead atoms. The quantitative estimate of drug-likeness (QED) is 0.420. The van der Waals surface area contributed by atoms with Crippen LogP contribution in [0.3, 0.4) is 0 Å². The average molecular weight is 491 g/mol. The highest BCUT2D eigenvalue weighted by atomic mass is 19.1. The van der Waals surface area contributed by atoms with E-state index in [1.165, 1.54) is 56.7 Å². The number of imide groups is 1. The summed E-state index contributed by atoms with van der Waals surface area (Å²) in [6.07, 6.45) is -0.374. The van der Waals surface area contributed by atoms with E-state index in [0.29, 0.717) is 11.5 Å². The molecule has 1 unspecified atom stereocenters. The number of ether oxygens (including phenoxy) is 2. The van der Waals surface area contributed by atoms with Gasteiger partial charge < -0.3 is 9.47 Å². The van der Waals surface area contributed by atoms with Gasteiger partial charge in [0.25, 0.3) is 17.7 Å². The van der Waals surface area contributed by atoms with Crippen LogP contribution >= 0.6 is 0 Å². The molecule has 0 aliphatic carbocycles. The number of rotatable bonds is 6. The van der Waals surface area contributed by atoms with Crippen molar-refractivity contribution in [2.24, 2.45) is 0 Å². The lowest BCUT2D eigenvalue weighted by Gasteiger charge is -2.28. The number of hydrazine groups is 1. The number of halogens is 1. The number of nitrogens with one attached hydrogen (secondary N) is 1. The second-order valence-corrected chi connectivity index (χ2v) is 7.82. The first-order valence-electron chi connectivity index (χ1n) is 10.9. The summed E-state index contributed by atoms with van der Waals surface area (Å²) >= 11 is 0. The minimum absolute atomic E-state index is 0.130. The molecule has 1 heterocycles. The van der Waals surface area contributed by atoms with Crippen molar-refractivity contribution < 1.29 is 33.0 Å². The molecule has 1 aliphatic heterocycles. The van der Waals surface area contributed by atoms with Crippen molar-refractivity contribution >= 4 is 29.3 Å². The van der Waals surface area contributed by atoms with Crippen molar-refractivity contribution in [3.05, 3.63) is 89.7 Å². The molecule has 0 spiro atoms. The van der Waals surface area contributed by atoms with Crippen LogP contribution in [-0.2, 0) is 9.59 Å². The molecular formula is C26H22FN3O6. The van der Waals surface area contributed by atoms with Gasteiger partial charge in [0.15, 0.2) is 11.5 Å². The monoisotopic (exact) mass is 491 g/mol. The topological polar surface area (TPSA) is 105 Å². The SMILES string of the molecule is COc1ccc(C(=O)NN(C(=O)c2ccccc2)C2CC(=O)N(c3ccc(F)cc3)C2=O)cc1OC. The van der Waals surface area contributed by atoms with Crippen molar-refractivity contribution in [1.82, 2.24) is 10.4 Å². The van der Waals surface area contributed by atoms with Crippen LogP contribution in [0.2, 0.25) is 0 Å². The minimum atomic E-state index is -1.32. The summed E-state index contributed by atoms with van der Waals surface area (Å²) < 4.78 is 23.8. The maximum absolute atomic E-state index is 13.4. The number of methoxy groups -OCH3 is 2. The molecule has 1 N–H and O–H groups in total. The average Bonchev–Trinajstić information content (AvgIpc) is 3.20. The maximum Gasteiger partial charge on any atom is 0.273 e. The van der Waals surface area contributed by atoms with E-state index >= 15 is 0 Å². The Morgan fingerprint density at radius 1 is 0.917 bits per heavy atom. The van der Waals surface area contributed by atoms with Gasteiger partial charge >= 0.3 is 0 Å². The molecule has 0 aromatic heterocycles. The predicted molar refractivity (Wildman–Crippen MR) is 127 cm³/mol. The molecule has 0 radical (unpaired) electrons. The van der Waals surface area contributed by atoms with Crippen LogP contribution in [0.4, 0.5) is 10.1 Å². The third-order valence-corrected chi connectivity index (χ3v) is 5.63. The van der Waals surface area contributed by atoms with E-state index in [1.807, 2.05) is 0 Å². The van der Waals surface area contributed by atoms with Crippen LogP contribution < -0.4 is 19.8 Å². The second kappa shape index (κ2) is 10.3. The normalized spacial score (nSPS) is 15.0. The molecular weight excluding hydrogens is 469 g/mol.